The summed E-state index contributed by atoms with van der Waals surface area (Å²) in [5.41, 5.74) is 2.84. The highest BCUT2D eigenvalue weighted by Crippen LogP contribution is 2.47. The number of hydrogen-bond donors (Lipinski definition) is 1. The van der Waals surface area contributed by atoms with Gasteiger partial charge in [-0.2, -0.15) is 4.57 Å². The van der Waals surface area contributed by atoms with Gasteiger partial charge in [-0.3, -0.25) is 4.79 Å². The molecular weight excluding hydrogens is 412 g/mol. The van der Waals surface area contributed by atoms with Crippen LogP contribution in [-0.2, 0) is 11.3 Å². The highest BCUT2D eigenvalue weighted by Gasteiger charge is 2.44. The van der Waals surface area contributed by atoms with E-state index in [0.717, 1.165) is 28.6 Å². The molecular formula is C24H23N2O2S2+. The van der Waals surface area contributed by atoms with E-state index in [0.29, 0.717) is 5.57 Å². The Hall–Kier alpha value is -2.41. The molecule has 0 saturated heterocycles. The molecule has 6 heteroatoms. The molecule has 0 spiro atoms. The van der Waals surface area contributed by atoms with Gasteiger partial charge in [0.15, 0.2) is 5.78 Å². The number of Topliss-reactive ketones (excluding diaryl/α,β-unsaturated/α-hetero) is 1. The van der Waals surface area contributed by atoms with Crippen LogP contribution in [0.5, 0.6) is 0 Å². The zero-order chi connectivity index (χ0) is 20.8. The highest BCUT2D eigenvalue weighted by molar-refractivity contribution is 8.03. The summed E-state index contributed by atoms with van der Waals surface area (Å²) in [5.74, 6) is -0.464. The van der Waals surface area contributed by atoms with Crippen LogP contribution in [0.2, 0.25) is 0 Å². The number of carbonyl (C=O) groups excluding carboxylic acids is 1. The quantitative estimate of drug-likeness (QED) is 0.480. The van der Waals surface area contributed by atoms with Gasteiger partial charge in [-0.05, 0) is 38.1 Å². The first-order valence-electron chi connectivity index (χ1n) is 10.2. The van der Waals surface area contributed by atoms with Crippen molar-refractivity contribution in [3.63, 3.8) is 0 Å². The first kappa shape index (κ1) is 19.5. The van der Waals surface area contributed by atoms with E-state index in [4.69, 9.17) is 0 Å². The molecule has 1 saturated carbocycles. The topological polar surface area (TPSA) is 44.4 Å². The van der Waals surface area contributed by atoms with Crippen LogP contribution in [0, 0.1) is 5.92 Å². The summed E-state index contributed by atoms with van der Waals surface area (Å²) in [7, 11) is 0. The number of aliphatic hydroxyl groups is 1. The average Bonchev–Trinajstić information content (AvgIpc) is 3.32. The summed E-state index contributed by atoms with van der Waals surface area (Å²) in [5, 5.41) is 12.8. The zero-order valence-electron chi connectivity index (χ0n) is 16.9. The van der Waals surface area contributed by atoms with Gasteiger partial charge < -0.3 is 10.0 Å². The Morgan fingerprint density at radius 1 is 1.13 bits per heavy atom. The second kappa shape index (κ2) is 7.69. The molecule has 0 amide bonds. The van der Waals surface area contributed by atoms with Gasteiger partial charge in [0.2, 0.25) is 5.52 Å². The van der Waals surface area contributed by atoms with Crippen molar-refractivity contribution in [3.05, 3.63) is 70.2 Å². The lowest BCUT2D eigenvalue weighted by molar-refractivity contribution is -0.665. The van der Waals surface area contributed by atoms with E-state index in [1.165, 1.54) is 15.3 Å². The summed E-state index contributed by atoms with van der Waals surface area (Å²) < 4.78 is 3.38. The second-order valence-corrected chi connectivity index (χ2v) is 9.53. The summed E-state index contributed by atoms with van der Waals surface area (Å²) in [6, 6.07) is 16.5. The van der Waals surface area contributed by atoms with Gasteiger partial charge in [0.25, 0.3) is 5.01 Å². The molecule has 1 aromatic heterocycles. The molecule has 1 aliphatic carbocycles. The van der Waals surface area contributed by atoms with Crippen molar-refractivity contribution in [1.82, 2.24) is 0 Å². The van der Waals surface area contributed by atoms with Gasteiger partial charge in [-0.25, -0.2) is 0 Å². The molecule has 0 bridgehead atoms. The standard InChI is InChI=1S/C24H23N2O2S2/c1-3-25-17-9-5-7-11-19(17)29-21(25)13-15-23(27)16(24(15)28)14-22-26(4-2)18-10-6-8-12-20(18)30-22/h5-15,23,27H,3-4H2,1-2H3/q+1. The number of aryl methyl sites for hydroxylation is 1. The fourth-order valence-corrected chi connectivity index (χ4v) is 6.56. The van der Waals surface area contributed by atoms with Crippen molar-refractivity contribution in [3.8, 4) is 0 Å². The number of hydrogen-bond acceptors (Lipinski definition) is 5. The summed E-state index contributed by atoms with van der Waals surface area (Å²) in [6.45, 7) is 5.85. The molecule has 2 unspecified atom stereocenters. The van der Waals surface area contributed by atoms with E-state index in [9.17, 15) is 9.90 Å². The first-order chi connectivity index (χ1) is 14.6. The van der Waals surface area contributed by atoms with Crippen molar-refractivity contribution in [2.24, 2.45) is 5.92 Å². The lowest BCUT2D eigenvalue weighted by atomic mass is 9.75. The lowest BCUT2D eigenvalue weighted by Crippen LogP contribution is -2.44. The summed E-state index contributed by atoms with van der Waals surface area (Å²) in [4.78, 5) is 16.3. The molecule has 30 heavy (non-hydrogen) atoms. The minimum absolute atomic E-state index is 0.0164. The number of aliphatic hydroxyl groups excluding tert-OH is 1. The average molecular weight is 436 g/mol. The number of ketones is 1. The maximum absolute atomic E-state index is 12.9. The predicted molar refractivity (Wildman–Crippen MR) is 124 cm³/mol. The van der Waals surface area contributed by atoms with Crippen LogP contribution >= 0.6 is 23.1 Å². The van der Waals surface area contributed by atoms with E-state index < -0.39 is 12.0 Å². The third-order valence-electron chi connectivity index (χ3n) is 5.75. The maximum Gasteiger partial charge on any atom is 0.263 e. The third kappa shape index (κ3) is 3.02. The van der Waals surface area contributed by atoms with Crippen LogP contribution in [0.1, 0.15) is 18.9 Å². The van der Waals surface area contributed by atoms with Crippen molar-refractivity contribution < 1.29 is 14.5 Å². The fourth-order valence-electron chi connectivity index (χ4n) is 4.18. The summed E-state index contributed by atoms with van der Waals surface area (Å²) >= 11 is 3.32. The molecule has 1 aliphatic heterocycles. The van der Waals surface area contributed by atoms with E-state index in [1.807, 2.05) is 36.4 Å². The van der Waals surface area contributed by atoms with Crippen LogP contribution < -0.4 is 9.47 Å². The van der Waals surface area contributed by atoms with E-state index in [2.05, 4.69) is 47.6 Å². The molecule has 1 N–H and O–H groups in total. The SMILES string of the molecule is CCN1C(=CC2C(=O)C(=Cc3sc4ccccc4[n+]3CC)C2O)Sc2ccccc21. The highest BCUT2D eigenvalue weighted by atomic mass is 32.2. The number of rotatable bonds is 4. The Kier molecular flexibility index (Phi) is 5.01. The number of thioether (sulfide) groups is 1. The number of benzene rings is 2. The van der Waals surface area contributed by atoms with Crippen molar-refractivity contribution in [2.45, 2.75) is 31.4 Å². The van der Waals surface area contributed by atoms with Gasteiger partial charge in [0.1, 0.15) is 11.2 Å². The largest absolute Gasteiger partial charge is 0.387 e. The van der Waals surface area contributed by atoms with E-state index >= 15 is 0 Å². The number of anilines is 1. The van der Waals surface area contributed by atoms with Crippen LogP contribution in [0.3, 0.4) is 0 Å². The van der Waals surface area contributed by atoms with Gasteiger partial charge in [-0.15, -0.1) is 0 Å². The number of carbonyl (C=O) groups is 1. The number of aromatic nitrogens is 1. The Morgan fingerprint density at radius 2 is 1.90 bits per heavy atom. The molecule has 1 fully saturated rings. The molecule has 2 atom stereocenters. The van der Waals surface area contributed by atoms with Crippen LogP contribution in [0.25, 0.3) is 16.3 Å². The fraction of sp³-hybridized carbons (Fsp3) is 0.250. The van der Waals surface area contributed by atoms with Crippen molar-refractivity contribution in [2.75, 3.05) is 11.4 Å². The number of nitrogens with zero attached hydrogens (tertiary/aromatic N) is 2. The lowest BCUT2D eigenvalue weighted by Gasteiger charge is -2.32. The Bertz CT molecular complexity index is 1210. The third-order valence-corrected chi connectivity index (χ3v) is 8.00. The second-order valence-electron chi connectivity index (χ2n) is 7.41. The first-order valence-corrected chi connectivity index (χ1v) is 11.9. The molecule has 2 aromatic carbocycles. The molecule has 152 valence electrons. The van der Waals surface area contributed by atoms with Gasteiger partial charge in [0.05, 0.1) is 22.7 Å². The van der Waals surface area contributed by atoms with E-state index in [-0.39, 0.29) is 5.78 Å². The molecule has 0 radical (unpaired) electrons. The monoisotopic (exact) mass is 435 g/mol. The molecule has 5 rings (SSSR count). The molecule has 2 aliphatic rings. The number of thiazole rings is 1. The van der Waals surface area contributed by atoms with Crippen LogP contribution in [0.15, 0.2) is 70.1 Å². The molecule has 3 aromatic rings. The number of fused-ring (bicyclic) bond motifs is 2. The smallest absolute Gasteiger partial charge is 0.263 e. The van der Waals surface area contributed by atoms with Gasteiger partial charge in [0, 0.05) is 29.2 Å². The molecule has 2 heterocycles. The Balaban J connectivity index is 1.44. The van der Waals surface area contributed by atoms with Crippen molar-refractivity contribution >= 4 is 50.9 Å². The Labute approximate surface area is 184 Å². The van der Waals surface area contributed by atoms with Gasteiger partial charge >= 0.3 is 0 Å². The Morgan fingerprint density at radius 3 is 2.67 bits per heavy atom. The minimum atomic E-state index is -0.761. The number of para-hydroxylation sites is 2. The zero-order valence-corrected chi connectivity index (χ0v) is 18.5. The predicted octanol–water partition coefficient (Wildman–Crippen LogP) is 4.63. The van der Waals surface area contributed by atoms with E-state index in [1.54, 1.807) is 23.1 Å². The van der Waals surface area contributed by atoms with Gasteiger partial charge in [-0.1, -0.05) is 47.4 Å². The van der Waals surface area contributed by atoms with Crippen molar-refractivity contribution in [1.29, 1.82) is 0 Å². The maximum atomic E-state index is 12.9. The van der Waals surface area contributed by atoms with Crippen LogP contribution in [-0.4, -0.2) is 23.5 Å². The van der Waals surface area contributed by atoms with Crippen LogP contribution in [0.4, 0.5) is 5.69 Å². The summed E-state index contributed by atoms with van der Waals surface area (Å²) in [6.07, 6.45) is 3.06. The normalized spacial score (nSPS) is 23.4. The minimum Gasteiger partial charge on any atom is -0.387 e. The molecule has 4 nitrogen and oxygen atoms in total.